The predicted octanol–water partition coefficient (Wildman–Crippen LogP) is 3.93. The molecular weight excluding hydrogens is 464 g/mol. The van der Waals surface area contributed by atoms with Gasteiger partial charge < -0.3 is 33.5 Å². The fraction of sp³-hybridized carbons (Fsp3) is 0.536. The van der Waals surface area contributed by atoms with E-state index in [4.69, 9.17) is 28.4 Å². The maximum absolute atomic E-state index is 13.2. The quantitative estimate of drug-likeness (QED) is 0.308. The summed E-state index contributed by atoms with van der Waals surface area (Å²) >= 11 is 0. The van der Waals surface area contributed by atoms with Gasteiger partial charge in [-0.3, -0.25) is 0 Å². The molecule has 0 aliphatic carbocycles. The van der Waals surface area contributed by atoms with E-state index < -0.39 is 11.6 Å². The topological polar surface area (TPSA) is 92.7 Å². The number of hydrogen-bond donors (Lipinski definition) is 1. The first kappa shape index (κ1) is 26.6. The maximum atomic E-state index is 13.2. The molecule has 0 bridgehead atoms. The van der Waals surface area contributed by atoms with Crippen LogP contribution in [0.25, 0.3) is 0 Å². The van der Waals surface area contributed by atoms with E-state index >= 15 is 0 Å². The van der Waals surface area contributed by atoms with Crippen molar-refractivity contribution in [3.8, 4) is 5.75 Å². The SMILES string of the molecule is O=C(OCCCCC1OCCO1)[C@@](O)(c1ccccc1)c1cccc(OCCCCC2OCCO2)c1. The average Bonchev–Trinajstić information content (AvgIpc) is 3.63. The Morgan fingerprint density at radius 1 is 0.778 bits per heavy atom. The highest BCUT2D eigenvalue weighted by atomic mass is 16.7. The van der Waals surface area contributed by atoms with E-state index in [1.807, 2.05) is 12.1 Å². The van der Waals surface area contributed by atoms with Crippen LogP contribution in [0.2, 0.25) is 0 Å². The van der Waals surface area contributed by atoms with Gasteiger partial charge in [0.2, 0.25) is 5.60 Å². The van der Waals surface area contributed by atoms with E-state index in [1.54, 1.807) is 42.5 Å². The van der Waals surface area contributed by atoms with Crippen LogP contribution in [0.5, 0.6) is 5.75 Å². The molecule has 1 N–H and O–H groups in total. The highest BCUT2D eigenvalue weighted by Gasteiger charge is 2.42. The molecule has 1 atom stereocenters. The van der Waals surface area contributed by atoms with Crippen LogP contribution in [-0.2, 0) is 34.1 Å². The second-order valence-electron chi connectivity index (χ2n) is 8.92. The zero-order valence-electron chi connectivity index (χ0n) is 20.6. The monoisotopic (exact) mass is 500 g/mol. The van der Waals surface area contributed by atoms with E-state index in [9.17, 15) is 9.90 Å². The second-order valence-corrected chi connectivity index (χ2v) is 8.92. The third-order valence-corrected chi connectivity index (χ3v) is 6.29. The fourth-order valence-corrected chi connectivity index (χ4v) is 4.33. The Balaban J connectivity index is 1.34. The summed E-state index contributed by atoms with van der Waals surface area (Å²) in [6.07, 6.45) is 4.52. The molecule has 0 saturated carbocycles. The van der Waals surface area contributed by atoms with Crippen LogP contribution >= 0.6 is 0 Å². The average molecular weight is 501 g/mol. The molecule has 196 valence electrons. The molecule has 2 aromatic carbocycles. The van der Waals surface area contributed by atoms with E-state index in [0.29, 0.717) is 56.3 Å². The molecule has 8 heteroatoms. The second kappa shape index (κ2) is 13.7. The summed E-state index contributed by atoms with van der Waals surface area (Å²) in [5, 5.41) is 11.7. The highest BCUT2D eigenvalue weighted by Crippen LogP contribution is 2.33. The number of unbranched alkanes of at least 4 members (excludes halogenated alkanes) is 2. The number of hydrogen-bond acceptors (Lipinski definition) is 8. The summed E-state index contributed by atoms with van der Waals surface area (Å²) in [6.45, 7) is 3.27. The molecular formula is C28H36O8. The molecule has 2 aliphatic heterocycles. The van der Waals surface area contributed by atoms with Crippen molar-refractivity contribution in [3.05, 3.63) is 65.7 Å². The number of carbonyl (C=O) groups is 1. The fourth-order valence-electron chi connectivity index (χ4n) is 4.33. The number of esters is 1. The van der Waals surface area contributed by atoms with Gasteiger partial charge in [0.25, 0.3) is 0 Å². The van der Waals surface area contributed by atoms with Gasteiger partial charge >= 0.3 is 5.97 Å². The summed E-state index contributed by atoms with van der Waals surface area (Å²) in [6, 6.07) is 15.8. The lowest BCUT2D eigenvalue weighted by molar-refractivity contribution is -0.162. The molecule has 4 rings (SSSR count). The molecule has 0 unspecified atom stereocenters. The van der Waals surface area contributed by atoms with E-state index in [2.05, 4.69) is 0 Å². The Labute approximate surface area is 212 Å². The number of ether oxygens (including phenoxy) is 6. The van der Waals surface area contributed by atoms with Crippen molar-refractivity contribution in [2.24, 2.45) is 0 Å². The van der Waals surface area contributed by atoms with Crippen LogP contribution in [0, 0.1) is 0 Å². The number of rotatable bonds is 14. The van der Waals surface area contributed by atoms with Crippen LogP contribution in [0.4, 0.5) is 0 Å². The Morgan fingerprint density at radius 3 is 2.00 bits per heavy atom. The summed E-state index contributed by atoms with van der Waals surface area (Å²) < 4.78 is 33.2. The summed E-state index contributed by atoms with van der Waals surface area (Å²) in [7, 11) is 0. The summed E-state index contributed by atoms with van der Waals surface area (Å²) in [4.78, 5) is 13.2. The third-order valence-electron chi connectivity index (χ3n) is 6.29. The Morgan fingerprint density at radius 2 is 1.36 bits per heavy atom. The molecule has 0 radical (unpaired) electrons. The standard InChI is InChI=1S/C28H36O8/c29-27(36-16-7-5-14-26-34-19-20-35-26)28(30,22-9-2-1-3-10-22)23-11-8-12-24(21-23)31-15-6-4-13-25-32-17-18-33-25/h1-3,8-12,21,25-26,30H,4-7,13-20H2/t28-/m1/s1. The molecule has 2 aliphatic rings. The van der Waals surface area contributed by atoms with Crippen molar-refractivity contribution in [1.29, 1.82) is 0 Å². The lowest BCUT2D eigenvalue weighted by Crippen LogP contribution is -2.38. The number of aliphatic hydroxyl groups is 1. The maximum Gasteiger partial charge on any atom is 0.347 e. The molecule has 0 aromatic heterocycles. The van der Waals surface area contributed by atoms with Gasteiger partial charge in [-0.15, -0.1) is 0 Å². The van der Waals surface area contributed by atoms with Gasteiger partial charge in [0, 0.05) is 5.56 Å². The molecule has 0 amide bonds. The third kappa shape index (κ3) is 7.27. The molecule has 2 aromatic rings. The first-order valence-electron chi connectivity index (χ1n) is 12.8. The smallest absolute Gasteiger partial charge is 0.347 e. The van der Waals surface area contributed by atoms with E-state index in [0.717, 1.165) is 32.1 Å². The summed E-state index contributed by atoms with van der Waals surface area (Å²) in [5.41, 5.74) is -1.11. The van der Waals surface area contributed by atoms with Gasteiger partial charge in [0.1, 0.15) is 5.75 Å². The van der Waals surface area contributed by atoms with Gasteiger partial charge in [0.05, 0.1) is 39.6 Å². The molecule has 2 fully saturated rings. The molecule has 36 heavy (non-hydrogen) atoms. The van der Waals surface area contributed by atoms with E-state index in [1.165, 1.54) is 0 Å². The van der Waals surface area contributed by atoms with Crippen molar-refractivity contribution in [1.82, 2.24) is 0 Å². The molecule has 2 heterocycles. The number of benzene rings is 2. The van der Waals surface area contributed by atoms with Crippen molar-refractivity contribution < 1.29 is 38.3 Å². The lowest BCUT2D eigenvalue weighted by atomic mass is 9.86. The highest BCUT2D eigenvalue weighted by molar-refractivity contribution is 5.85. The number of carbonyl (C=O) groups excluding carboxylic acids is 1. The van der Waals surface area contributed by atoms with Crippen LogP contribution in [0.15, 0.2) is 54.6 Å². The zero-order chi connectivity index (χ0) is 25.1. The lowest BCUT2D eigenvalue weighted by Gasteiger charge is -2.27. The molecule has 8 nitrogen and oxygen atoms in total. The first-order valence-corrected chi connectivity index (χ1v) is 12.8. The van der Waals surface area contributed by atoms with Crippen molar-refractivity contribution >= 4 is 5.97 Å². The van der Waals surface area contributed by atoms with Crippen LogP contribution in [-0.4, -0.2) is 63.3 Å². The molecule has 0 spiro atoms. The zero-order valence-corrected chi connectivity index (χ0v) is 20.6. The summed E-state index contributed by atoms with van der Waals surface area (Å²) in [5.74, 6) is -0.129. The van der Waals surface area contributed by atoms with E-state index in [-0.39, 0.29) is 19.2 Å². The van der Waals surface area contributed by atoms with Gasteiger partial charge in [-0.2, -0.15) is 0 Å². The van der Waals surface area contributed by atoms with Crippen LogP contribution in [0.3, 0.4) is 0 Å². The van der Waals surface area contributed by atoms with Crippen molar-refractivity contribution in [2.75, 3.05) is 39.6 Å². The van der Waals surface area contributed by atoms with Crippen LogP contribution in [0.1, 0.15) is 49.7 Å². The largest absolute Gasteiger partial charge is 0.494 e. The predicted molar refractivity (Wildman–Crippen MR) is 131 cm³/mol. The van der Waals surface area contributed by atoms with Gasteiger partial charge in [-0.25, -0.2) is 4.79 Å². The van der Waals surface area contributed by atoms with Gasteiger partial charge in [-0.1, -0.05) is 42.5 Å². The van der Waals surface area contributed by atoms with Gasteiger partial charge in [-0.05, 0) is 56.2 Å². The normalized spacial score (nSPS) is 18.2. The Hall–Kier alpha value is -2.49. The first-order chi connectivity index (χ1) is 17.7. The molecule has 2 saturated heterocycles. The minimum atomic E-state index is -1.95. The van der Waals surface area contributed by atoms with Crippen LogP contribution < -0.4 is 4.74 Å². The van der Waals surface area contributed by atoms with Crippen molar-refractivity contribution in [3.63, 3.8) is 0 Å². The van der Waals surface area contributed by atoms with Gasteiger partial charge in [0.15, 0.2) is 12.6 Å². The minimum Gasteiger partial charge on any atom is -0.494 e. The van der Waals surface area contributed by atoms with Crippen molar-refractivity contribution in [2.45, 2.75) is 56.7 Å². The minimum absolute atomic E-state index is 0.107. The Kier molecular flexibility index (Phi) is 10.1. The Bertz CT molecular complexity index is 924.